The molecule has 1 nitrogen and oxygen atoms in total. The van der Waals surface area contributed by atoms with Crippen molar-refractivity contribution in [3.63, 3.8) is 0 Å². The molecule has 0 aliphatic carbocycles. The van der Waals surface area contributed by atoms with Gasteiger partial charge < -0.3 is 0 Å². The Balaban J connectivity index is 2.05. The SMILES string of the molecule is CCc1ccc2c(c1)[N]c1ccccc1S2. The number of fused-ring (bicyclic) bond motifs is 2. The first-order valence-electron chi connectivity index (χ1n) is 5.48. The average Bonchev–Trinajstić information content (AvgIpc) is 2.35. The number of aryl methyl sites for hydroxylation is 1. The van der Waals surface area contributed by atoms with Gasteiger partial charge >= 0.3 is 0 Å². The van der Waals surface area contributed by atoms with Crippen molar-refractivity contribution in [1.29, 1.82) is 0 Å². The van der Waals surface area contributed by atoms with Gasteiger partial charge in [-0.1, -0.05) is 36.9 Å². The Kier molecular flexibility index (Phi) is 2.37. The minimum absolute atomic E-state index is 1.06. The molecule has 79 valence electrons. The van der Waals surface area contributed by atoms with Crippen LogP contribution < -0.4 is 5.32 Å². The molecule has 0 atom stereocenters. The summed E-state index contributed by atoms with van der Waals surface area (Å²) in [6.07, 6.45) is 1.06. The molecule has 0 saturated heterocycles. The lowest BCUT2D eigenvalue weighted by atomic mass is 10.1. The summed E-state index contributed by atoms with van der Waals surface area (Å²) in [5, 5.41) is 4.70. The van der Waals surface area contributed by atoms with Crippen molar-refractivity contribution >= 4 is 23.1 Å². The van der Waals surface area contributed by atoms with Crippen LogP contribution in [-0.2, 0) is 6.42 Å². The highest BCUT2D eigenvalue weighted by atomic mass is 32.2. The van der Waals surface area contributed by atoms with Crippen molar-refractivity contribution in [1.82, 2.24) is 5.32 Å². The highest BCUT2D eigenvalue weighted by Gasteiger charge is 2.16. The van der Waals surface area contributed by atoms with Crippen LogP contribution in [0.1, 0.15) is 12.5 Å². The molecule has 16 heavy (non-hydrogen) atoms. The first-order valence-corrected chi connectivity index (χ1v) is 6.30. The Hall–Kier alpha value is -1.41. The maximum atomic E-state index is 4.70. The number of para-hydroxylation sites is 1. The Morgan fingerprint density at radius 1 is 1.00 bits per heavy atom. The lowest BCUT2D eigenvalue weighted by molar-refractivity contribution is 1.05. The summed E-state index contributed by atoms with van der Waals surface area (Å²) in [6.45, 7) is 2.17. The third kappa shape index (κ3) is 1.59. The number of benzene rings is 2. The molecule has 2 aromatic rings. The molecular weight excluding hydrogens is 214 g/mol. The average molecular weight is 226 g/mol. The molecule has 0 N–H and O–H groups in total. The normalized spacial score (nSPS) is 12.6. The van der Waals surface area contributed by atoms with Crippen LogP contribution in [0.5, 0.6) is 0 Å². The highest BCUT2D eigenvalue weighted by Crippen LogP contribution is 2.44. The van der Waals surface area contributed by atoms with E-state index < -0.39 is 0 Å². The zero-order chi connectivity index (χ0) is 11.0. The van der Waals surface area contributed by atoms with E-state index >= 15 is 0 Å². The van der Waals surface area contributed by atoms with Gasteiger partial charge in [0.15, 0.2) is 0 Å². The smallest absolute Gasteiger partial charge is 0.0779 e. The van der Waals surface area contributed by atoms with Crippen LogP contribution >= 0.6 is 11.8 Å². The molecule has 2 heteroatoms. The van der Waals surface area contributed by atoms with Gasteiger partial charge in [-0.05, 0) is 36.2 Å². The van der Waals surface area contributed by atoms with Crippen molar-refractivity contribution in [2.75, 3.05) is 0 Å². The predicted molar refractivity (Wildman–Crippen MR) is 67.8 cm³/mol. The van der Waals surface area contributed by atoms with Gasteiger partial charge in [-0.25, -0.2) is 5.32 Å². The number of nitrogens with zero attached hydrogens (tertiary/aromatic N) is 1. The van der Waals surface area contributed by atoms with Crippen LogP contribution in [0.15, 0.2) is 52.3 Å². The molecule has 0 fully saturated rings. The zero-order valence-electron chi connectivity index (χ0n) is 9.10. The predicted octanol–water partition coefficient (Wildman–Crippen LogP) is 4.28. The van der Waals surface area contributed by atoms with Crippen LogP contribution in [0.25, 0.3) is 0 Å². The Labute approximate surface area is 99.9 Å². The monoisotopic (exact) mass is 226 g/mol. The van der Waals surface area contributed by atoms with Gasteiger partial charge in [0.05, 0.1) is 11.4 Å². The van der Waals surface area contributed by atoms with Crippen LogP contribution in [-0.4, -0.2) is 0 Å². The van der Waals surface area contributed by atoms with Crippen LogP contribution in [0, 0.1) is 0 Å². The fraction of sp³-hybridized carbons (Fsp3) is 0.143. The summed E-state index contributed by atoms with van der Waals surface area (Å²) >= 11 is 1.81. The highest BCUT2D eigenvalue weighted by molar-refractivity contribution is 7.99. The summed E-state index contributed by atoms with van der Waals surface area (Å²) in [6, 6.07) is 14.9. The molecule has 1 heterocycles. The third-order valence-corrected chi connectivity index (χ3v) is 3.89. The zero-order valence-corrected chi connectivity index (χ0v) is 9.92. The standard InChI is InChI=1S/C14H12NS/c1-2-10-7-8-14-12(9-10)15-11-5-3-4-6-13(11)16-14/h3-9H,2H2,1H3. The molecule has 0 saturated carbocycles. The van der Waals surface area contributed by atoms with E-state index in [1.807, 2.05) is 17.8 Å². The molecule has 0 spiro atoms. The Morgan fingerprint density at radius 3 is 2.69 bits per heavy atom. The first-order chi connectivity index (χ1) is 7.86. The van der Waals surface area contributed by atoms with Crippen LogP contribution in [0.2, 0.25) is 0 Å². The summed E-state index contributed by atoms with van der Waals surface area (Å²) in [7, 11) is 0. The summed E-state index contributed by atoms with van der Waals surface area (Å²) in [4.78, 5) is 2.51. The third-order valence-electron chi connectivity index (χ3n) is 2.76. The Bertz CT molecular complexity index is 534. The molecule has 0 aromatic heterocycles. The molecule has 1 aliphatic heterocycles. The summed E-state index contributed by atoms with van der Waals surface area (Å²) in [5.41, 5.74) is 3.55. The molecule has 1 aliphatic rings. The summed E-state index contributed by atoms with van der Waals surface area (Å²) in [5.74, 6) is 0. The largest absolute Gasteiger partial charge is 0.247 e. The van der Waals surface area contributed by atoms with Gasteiger partial charge in [0.25, 0.3) is 0 Å². The van der Waals surface area contributed by atoms with E-state index in [-0.39, 0.29) is 0 Å². The minimum Gasteiger partial charge on any atom is -0.247 e. The van der Waals surface area contributed by atoms with Crippen LogP contribution in [0.3, 0.4) is 0 Å². The van der Waals surface area contributed by atoms with Gasteiger partial charge in [0.2, 0.25) is 0 Å². The van der Waals surface area contributed by atoms with Crippen molar-refractivity contribution in [2.24, 2.45) is 0 Å². The second kappa shape index (κ2) is 3.87. The first kappa shape index (κ1) is 9.79. The molecule has 3 rings (SSSR count). The van der Waals surface area contributed by atoms with Crippen molar-refractivity contribution in [3.8, 4) is 0 Å². The second-order valence-electron chi connectivity index (χ2n) is 3.84. The molecule has 0 amide bonds. The number of hydrogen-bond donors (Lipinski definition) is 0. The number of rotatable bonds is 1. The Morgan fingerprint density at radius 2 is 1.81 bits per heavy atom. The van der Waals surface area contributed by atoms with Crippen LogP contribution in [0.4, 0.5) is 11.4 Å². The van der Waals surface area contributed by atoms with Crippen molar-refractivity contribution < 1.29 is 0 Å². The van der Waals surface area contributed by atoms with Crippen molar-refractivity contribution in [3.05, 3.63) is 48.0 Å². The van der Waals surface area contributed by atoms with Gasteiger partial charge in [-0.15, -0.1) is 0 Å². The van der Waals surface area contributed by atoms with Gasteiger partial charge in [-0.2, -0.15) is 0 Å². The second-order valence-corrected chi connectivity index (χ2v) is 4.92. The lowest BCUT2D eigenvalue weighted by Crippen LogP contribution is -1.99. The molecule has 1 radical (unpaired) electrons. The van der Waals surface area contributed by atoms with Gasteiger partial charge in [-0.3, -0.25) is 0 Å². The minimum atomic E-state index is 1.06. The van der Waals surface area contributed by atoms with E-state index in [1.54, 1.807) is 0 Å². The van der Waals surface area contributed by atoms with E-state index in [0.29, 0.717) is 0 Å². The van der Waals surface area contributed by atoms with Crippen molar-refractivity contribution in [2.45, 2.75) is 23.1 Å². The number of hydrogen-bond acceptors (Lipinski definition) is 1. The maximum Gasteiger partial charge on any atom is 0.0779 e. The molecule has 2 aromatic carbocycles. The quantitative estimate of drug-likeness (QED) is 0.604. The van der Waals surface area contributed by atoms with E-state index in [2.05, 4.69) is 43.3 Å². The summed E-state index contributed by atoms with van der Waals surface area (Å²) < 4.78 is 0. The maximum absolute atomic E-state index is 4.70. The topological polar surface area (TPSA) is 14.1 Å². The molecular formula is C14H12NS. The fourth-order valence-electron chi connectivity index (χ4n) is 1.84. The molecule has 0 unspecified atom stereocenters. The van der Waals surface area contributed by atoms with E-state index in [1.165, 1.54) is 15.4 Å². The van der Waals surface area contributed by atoms with E-state index in [4.69, 9.17) is 5.32 Å². The van der Waals surface area contributed by atoms with Gasteiger partial charge in [0.1, 0.15) is 0 Å². The lowest BCUT2D eigenvalue weighted by Gasteiger charge is -2.18. The van der Waals surface area contributed by atoms with E-state index in [0.717, 1.165) is 17.8 Å². The van der Waals surface area contributed by atoms with Gasteiger partial charge in [0, 0.05) is 9.79 Å². The fourth-order valence-corrected chi connectivity index (χ4v) is 2.79. The molecule has 0 bridgehead atoms. The van der Waals surface area contributed by atoms with E-state index in [9.17, 15) is 0 Å².